The Morgan fingerprint density at radius 1 is 0.941 bits per heavy atom. The standard InChI is InChI=1S/C24H24F3N3O3S/c1-16-8-5-6-11-18(16)23-19(24(25,26)27)14-15-20(28-23)30-34(31,32)22-13-7-12-21(29-22)33-17-9-3-2-4-10-17/h5-8,11-15,17H,2-4,9-10H2,1H3,(H,28,30). The maximum absolute atomic E-state index is 13.6. The zero-order chi connectivity index (χ0) is 24.3. The minimum absolute atomic E-state index is 0.0135. The van der Waals surface area contributed by atoms with Gasteiger partial charge in [0.1, 0.15) is 11.9 Å². The van der Waals surface area contributed by atoms with E-state index in [0.717, 1.165) is 44.2 Å². The molecule has 2 heterocycles. The van der Waals surface area contributed by atoms with Gasteiger partial charge in [0.05, 0.1) is 11.3 Å². The molecule has 1 aliphatic rings. The van der Waals surface area contributed by atoms with Crippen molar-refractivity contribution in [1.82, 2.24) is 9.97 Å². The van der Waals surface area contributed by atoms with E-state index >= 15 is 0 Å². The van der Waals surface area contributed by atoms with Crippen LogP contribution in [0.15, 0.2) is 59.6 Å². The molecule has 1 fully saturated rings. The Morgan fingerprint density at radius 3 is 2.38 bits per heavy atom. The number of nitrogens with zero attached hydrogens (tertiary/aromatic N) is 2. The molecule has 0 amide bonds. The van der Waals surface area contributed by atoms with Crippen LogP contribution in [0.5, 0.6) is 5.88 Å². The van der Waals surface area contributed by atoms with Crippen LogP contribution < -0.4 is 9.46 Å². The molecule has 3 aromatic rings. The molecule has 10 heteroatoms. The predicted molar refractivity (Wildman–Crippen MR) is 122 cm³/mol. The number of rotatable bonds is 6. The number of pyridine rings is 2. The third-order valence-electron chi connectivity index (χ3n) is 5.65. The van der Waals surface area contributed by atoms with E-state index in [2.05, 4.69) is 14.7 Å². The summed E-state index contributed by atoms with van der Waals surface area (Å²) in [7, 11) is -4.22. The summed E-state index contributed by atoms with van der Waals surface area (Å²) in [4.78, 5) is 8.13. The number of sulfonamides is 1. The van der Waals surface area contributed by atoms with Gasteiger partial charge in [0, 0.05) is 11.6 Å². The van der Waals surface area contributed by atoms with E-state index in [9.17, 15) is 21.6 Å². The number of nitrogens with one attached hydrogen (secondary N) is 1. The molecule has 2 aromatic heterocycles. The molecule has 0 radical (unpaired) electrons. The molecule has 1 N–H and O–H groups in total. The Balaban J connectivity index is 1.64. The molecule has 0 saturated heterocycles. The number of hydrogen-bond acceptors (Lipinski definition) is 5. The van der Waals surface area contributed by atoms with Crippen LogP contribution in [0, 0.1) is 6.92 Å². The summed E-state index contributed by atoms with van der Waals surface area (Å²) in [6, 6.07) is 12.7. The summed E-state index contributed by atoms with van der Waals surface area (Å²) in [6.45, 7) is 1.66. The van der Waals surface area contributed by atoms with Gasteiger partial charge in [-0.3, -0.25) is 4.72 Å². The summed E-state index contributed by atoms with van der Waals surface area (Å²) in [6.07, 6.45) is 0.340. The molecule has 34 heavy (non-hydrogen) atoms. The second kappa shape index (κ2) is 9.61. The number of benzene rings is 1. The van der Waals surface area contributed by atoms with Crippen LogP contribution in [0.1, 0.15) is 43.2 Å². The van der Waals surface area contributed by atoms with E-state index in [1.807, 2.05) is 0 Å². The summed E-state index contributed by atoms with van der Waals surface area (Å²) >= 11 is 0. The molecule has 180 valence electrons. The van der Waals surface area contributed by atoms with Crippen LogP contribution in [0.4, 0.5) is 19.0 Å². The fourth-order valence-electron chi connectivity index (χ4n) is 3.94. The molecule has 6 nitrogen and oxygen atoms in total. The third-order valence-corrected chi connectivity index (χ3v) is 6.91. The minimum atomic E-state index is -4.66. The lowest BCUT2D eigenvalue weighted by molar-refractivity contribution is -0.137. The lowest BCUT2D eigenvalue weighted by atomic mass is 9.98. The van der Waals surface area contributed by atoms with E-state index in [1.165, 1.54) is 18.2 Å². The minimum Gasteiger partial charge on any atom is -0.474 e. The van der Waals surface area contributed by atoms with Crippen LogP contribution in [0.25, 0.3) is 11.3 Å². The predicted octanol–water partition coefficient (Wildman–Crippen LogP) is 5.98. The lowest BCUT2D eigenvalue weighted by Crippen LogP contribution is -2.21. The van der Waals surface area contributed by atoms with Gasteiger partial charge in [-0.05, 0) is 56.4 Å². The Bertz CT molecular complexity index is 1270. The van der Waals surface area contributed by atoms with Crippen molar-refractivity contribution in [3.05, 3.63) is 65.7 Å². The van der Waals surface area contributed by atoms with E-state index in [-0.39, 0.29) is 34.1 Å². The van der Waals surface area contributed by atoms with Gasteiger partial charge in [0.15, 0.2) is 5.03 Å². The van der Waals surface area contributed by atoms with E-state index < -0.39 is 21.8 Å². The molecule has 4 rings (SSSR count). The van der Waals surface area contributed by atoms with Crippen LogP contribution in [-0.4, -0.2) is 24.5 Å². The number of aryl methyl sites for hydroxylation is 1. The van der Waals surface area contributed by atoms with Crippen molar-refractivity contribution in [2.45, 2.75) is 56.3 Å². The molecule has 1 saturated carbocycles. The number of halogens is 3. The van der Waals surface area contributed by atoms with Gasteiger partial charge < -0.3 is 4.74 Å². The van der Waals surface area contributed by atoms with E-state index in [4.69, 9.17) is 4.74 Å². The Hall–Kier alpha value is -3.14. The van der Waals surface area contributed by atoms with Gasteiger partial charge in [-0.25, -0.2) is 4.98 Å². The molecular weight excluding hydrogens is 467 g/mol. The first-order chi connectivity index (χ1) is 16.1. The molecular formula is C24H24F3N3O3S. The van der Waals surface area contributed by atoms with Gasteiger partial charge in [0.2, 0.25) is 5.88 Å². The lowest BCUT2D eigenvalue weighted by Gasteiger charge is -2.22. The van der Waals surface area contributed by atoms with Crippen molar-refractivity contribution < 1.29 is 26.3 Å². The number of ether oxygens (including phenoxy) is 1. The van der Waals surface area contributed by atoms with Crippen LogP contribution in [0.3, 0.4) is 0 Å². The monoisotopic (exact) mass is 491 g/mol. The van der Waals surface area contributed by atoms with Crippen molar-refractivity contribution in [2.24, 2.45) is 0 Å². The van der Waals surface area contributed by atoms with Gasteiger partial charge in [-0.15, -0.1) is 0 Å². The van der Waals surface area contributed by atoms with Gasteiger partial charge in [-0.2, -0.15) is 26.6 Å². The Kier molecular flexibility index (Phi) is 6.79. The fraction of sp³-hybridized carbons (Fsp3) is 0.333. The maximum Gasteiger partial charge on any atom is 0.418 e. The maximum atomic E-state index is 13.6. The molecule has 0 unspecified atom stereocenters. The van der Waals surface area contributed by atoms with Gasteiger partial charge >= 0.3 is 6.18 Å². The van der Waals surface area contributed by atoms with Gasteiger partial charge in [-0.1, -0.05) is 36.8 Å². The van der Waals surface area contributed by atoms with Crippen molar-refractivity contribution >= 4 is 15.8 Å². The number of anilines is 1. The highest BCUT2D eigenvalue weighted by atomic mass is 32.2. The second-order valence-corrected chi connectivity index (χ2v) is 9.83. The Labute approximate surface area is 196 Å². The third kappa shape index (κ3) is 5.49. The topological polar surface area (TPSA) is 81.2 Å². The summed E-state index contributed by atoms with van der Waals surface area (Å²) < 4.78 is 74.9. The van der Waals surface area contributed by atoms with Crippen LogP contribution >= 0.6 is 0 Å². The summed E-state index contributed by atoms with van der Waals surface area (Å²) in [5.41, 5.74) is -0.467. The molecule has 0 aliphatic heterocycles. The first kappa shape index (κ1) is 24.0. The molecule has 0 atom stereocenters. The summed E-state index contributed by atoms with van der Waals surface area (Å²) in [5.74, 6) is -0.0533. The second-order valence-electron chi connectivity index (χ2n) is 8.20. The largest absolute Gasteiger partial charge is 0.474 e. The normalized spacial score (nSPS) is 15.2. The van der Waals surface area contributed by atoms with Crippen molar-refractivity contribution in [3.63, 3.8) is 0 Å². The zero-order valence-corrected chi connectivity index (χ0v) is 19.3. The Morgan fingerprint density at radius 2 is 1.68 bits per heavy atom. The quantitative estimate of drug-likeness (QED) is 0.459. The molecule has 1 aliphatic carbocycles. The van der Waals surface area contributed by atoms with Crippen molar-refractivity contribution in [3.8, 4) is 17.1 Å². The smallest absolute Gasteiger partial charge is 0.418 e. The highest BCUT2D eigenvalue weighted by molar-refractivity contribution is 7.92. The molecule has 1 aromatic carbocycles. The number of aromatic nitrogens is 2. The van der Waals surface area contributed by atoms with Crippen LogP contribution in [0.2, 0.25) is 0 Å². The first-order valence-corrected chi connectivity index (χ1v) is 12.4. The van der Waals surface area contributed by atoms with E-state index in [1.54, 1.807) is 31.2 Å². The average molecular weight is 492 g/mol. The molecule has 0 bridgehead atoms. The van der Waals surface area contributed by atoms with Gasteiger partial charge in [0.25, 0.3) is 10.0 Å². The fourth-order valence-corrected chi connectivity index (χ4v) is 4.90. The number of hydrogen-bond donors (Lipinski definition) is 1. The molecule has 0 spiro atoms. The van der Waals surface area contributed by atoms with Crippen LogP contribution in [-0.2, 0) is 16.2 Å². The van der Waals surface area contributed by atoms with Crippen molar-refractivity contribution in [1.29, 1.82) is 0 Å². The summed E-state index contributed by atoms with van der Waals surface area (Å²) in [5, 5.41) is -0.306. The highest BCUT2D eigenvalue weighted by Crippen LogP contribution is 2.38. The van der Waals surface area contributed by atoms with E-state index in [0.29, 0.717) is 5.56 Å². The number of alkyl halides is 3. The van der Waals surface area contributed by atoms with Crippen molar-refractivity contribution in [2.75, 3.05) is 4.72 Å². The highest BCUT2D eigenvalue weighted by Gasteiger charge is 2.35. The zero-order valence-electron chi connectivity index (χ0n) is 18.5. The SMILES string of the molecule is Cc1ccccc1-c1nc(NS(=O)(=O)c2cccc(OC3CCCCC3)n2)ccc1C(F)(F)F. The first-order valence-electron chi connectivity index (χ1n) is 10.9. The average Bonchev–Trinajstić information content (AvgIpc) is 2.79.